The van der Waals surface area contributed by atoms with E-state index in [-0.39, 0.29) is 36.6 Å². The van der Waals surface area contributed by atoms with Crippen molar-refractivity contribution in [3.05, 3.63) is 87.9 Å². The minimum atomic E-state index is -0.752. The number of nitrogens with one attached hydrogen (secondary N) is 2. The number of aromatic hydroxyl groups is 1. The van der Waals surface area contributed by atoms with Gasteiger partial charge in [-0.3, -0.25) is 14.2 Å². The molecule has 0 radical (unpaired) electrons. The van der Waals surface area contributed by atoms with E-state index in [1.165, 1.54) is 35.9 Å². The Morgan fingerprint density at radius 3 is 2.57 bits per heavy atom. The number of halogens is 1. The van der Waals surface area contributed by atoms with E-state index in [1.807, 2.05) is 18.2 Å². The summed E-state index contributed by atoms with van der Waals surface area (Å²) >= 11 is 0. The quantitative estimate of drug-likeness (QED) is 0.503. The lowest BCUT2D eigenvalue weighted by Crippen LogP contribution is -2.41. The lowest BCUT2D eigenvalue weighted by molar-refractivity contribution is 0.0941. The van der Waals surface area contributed by atoms with E-state index >= 15 is 0 Å². The van der Waals surface area contributed by atoms with Crippen molar-refractivity contribution in [3.8, 4) is 5.75 Å². The molecule has 182 valence electrons. The van der Waals surface area contributed by atoms with Crippen molar-refractivity contribution in [1.29, 1.82) is 0 Å². The maximum Gasteiger partial charge on any atom is 0.322 e. The van der Waals surface area contributed by atoms with Crippen LogP contribution in [0.15, 0.2) is 59.4 Å². The molecule has 3 N–H and O–H groups in total. The number of likely N-dealkylation sites (tertiary alicyclic amines) is 1. The van der Waals surface area contributed by atoms with E-state index in [0.29, 0.717) is 24.2 Å². The molecule has 1 atom stereocenters. The van der Waals surface area contributed by atoms with Gasteiger partial charge in [0.05, 0.1) is 0 Å². The van der Waals surface area contributed by atoms with Gasteiger partial charge in [-0.15, -0.1) is 0 Å². The van der Waals surface area contributed by atoms with Gasteiger partial charge in [-0.25, -0.2) is 14.2 Å². The summed E-state index contributed by atoms with van der Waals surface area (Å²) in [7, 11) is 1.47. The van der Waals surface area contributed by atoms with Gasteiger partial charge in [-0.2, -0.15) is 0 Å². The van der Waals surface area contributed by atoms with Gasteiger partial charge in [0.2, 0.25) is 5.75 Å². The van der Waals surface area contributed by atoms with E-state index in [4.69, 9.17) is 0 Å². The lowest BCUT2D eigenvalue weighted by Gasteiger charge is -2.25. The Labute approximate surface area is 201 Å². The van der Waals surface area contributed by atoms with Crippen molar-refractivity contribution >= 4 is 17.6 Å². The number of carbonyl (C=O) groups excluding carboxylic acids is 2. The summed E-state index contributed by atoms with van der Waals surface area (Å²) in [4.78, 5) is 44.1. The fourth-order valence-corrected chi connectivity index (χ4v) is 4.09. The summed E-state index contributed by atoms with van der Waals surface area (Å²) in [6.45, 7) is 0.626. The van der Waals surface area contributed by atoms with E-state index in [0.717, 1.165) is 6.42 Å². The summed E-state index contributed by atoms with van der Waals surface area (Å²) in [5.41, 5.74) is 0.191. The number of urea groups is 1. The van der Waals surface area contributed by atoms with Crippen molar-refractivity contribution in [1.82, 2.24) is 19.8 Å². The molecule has 1 aliphatic heterocycles. The second-order valence-corrected chi connectivity index (χ2v) is 8.39. The Balaban J connectivity index is 1.50. The topological polar surface area (TPSA) is 117 Å². The Kier molecular flexibility index (Phi) is 7.09. The van der Waals surface area contributed by atoms with Crippen LogP contribution in [0, 0.1) is 5.82 Å². The van der Waals surface area contributed by atoms with Crippen LogP contribution in [0.3, 0.4) is 0 Å². The Morgan fingerprint density at radius 1 is 1.14 bits per heavy atom. The number of hydrogen-bond donors (Lipinski definition) is 3. The second kappa shape index (κ2) is 10.4. The van der Waals surface area contributed by atoms with Crippen LogP contribution < -0.4 is 16.2 Å². The molecule has 1 fully saturated rings. The van der Waals surface area contributed by atoms with E-state index in [2.05, 4.69) is 15.6 Å². The maximum atomic E-state index is 13.1. The largest absolute Gasteiger partial charge is 0.501 e. The van der Waals surface area contributed by atoms with Gasteiger partial charge in [-0.1, -0.05) is 30.3 Å². The molecule has 3 amide bonds. The van der Waals surface area contributed by atoms with Gasteiger partial charge in [0.1, 0.15) is 11.6 Å². The predicted octanol–water partition coefficient (Wildman–Crippen LogP) is 2.79. The zero-order valence-corrected chi connectivity index (χ0v) is 19.2. The van der Waals surface area contributed by atoms with Gasteiger partial charge in [0.25, 0.3) is 11.5 Å². The monoisotopic (exact) mass is 479 g/mol. The first-order valence-electron chi connectivity index (χ1n) is 11.3. The first-order chi connectivity index (χ1) is 16.8. The van der Waals surface area contributed by atoms with Crippen molar-refractivity contribution in [2.24, 2.45) is 7.05 Å². The molecule has 0 bridgehead atoms. The summed E-state index contributed by atoms with van der Waals surface area (Å²) < 4.78 is 14.3. The van der Waals surface area contributed by atoms with Crippen molar-refractivity contribution in [2.45, 2.75) is 31.8 Å². The van der Waals surface area contributed by atoms with E-state index in [1.54, 1.807) is 17.0 Å². The zero-order valence-electron chi connectivity index (χ0n) is 19.2. The molecule has 3 aromatic rings. The number of carbonyl (C=O) groups is 2. The van der Waals surface area contributed by atoms with Crippen LogP contribution in [0.5, 0.6) is 5.75 Å². The van der Waals surface area contributed by atoms with E-state index in [9.17, 15) is 23.9 Å². The highest BCUT2D eigenvalue weighted by atomic mass is 19.1. The maximum absolute atomic E-state index is 13.1. The molecular weight excluding hydrogens is 453 g/mol. The summed E-state index contributed by atoms with van der Waals surface area (Å²) in [6, 6.07) is 14.2. The molecule has 9 nitrogen and oxygen atoms in total. The zero-order chi connectivity index (χ0) is 24.9. The molecule has 1 saturated heterocycles. The highest BCUT2D eigenvalue weighted by Crippen LogP contribution is 2.22. The first-order valence-corrected chi connectivity index (χ1v) is 11.3. The Morgan fingerprint density at radius 2 is 1.86 bits per heavy atom. The lowest BCUT2D eigenvalue weighted by atomic mass is 10.1. The fraction of sp³-hybridized carbons (Fsp3) is 0.280. The highest BCUT2D eigenvalue weighted by molar-refractivity contribution is 5.94. The van der Waals surface area contributed by atoms with E-state index < -0.39 is 23.0 Å². The number of nitrogens with zero attached hydrogens (tertiary/aromatic N) is 3. The van der Waals surface area contributed by atoms with Crippen LogP contribution in [0.4, 0.5) is 14.9 Å². The Hall–Kier alpha value is -4.21. The predicted molar refractivity (Wildman–Crippen MR) is 128 cm³/mol. The van der Waals surface area contributed by atoms with Crippen LogP contribution in [0.1, 0.15) is 34.7 Å². The van der Waals surface area contributed by atoms with Crippen LogP contribution >= 0.6 is 0 Å². The minimum Gasteiger partial charge on any atom is -0.501 e. The standard InChI is InChI=1S/C25H26FN5O4/c1-30-20(14-19-8-5-13-31(19)25(35)28-18-6-3-2-4-7-18)29-21(22(32)24(30)34)23(33)27-15-16-9-11-17(26)12-10-16/h2-4,6-7,9-12,19,32H,5,8,13-15H2,1H3,(H,27,33)(H,28,35). The van der Waals surface area contributed by atoms with Gasteiger partial charge < -0.3 is 20.6 Å². The SMILES string of the molecule is Cn1c(CC2CCCN2C(=O)Nc2ccccc2)nc(C(=O)NCc2ccc(F)cc2)c(O)c1=O. The van der Waals surface area contributed by atoms with Gasteiger partial charge >= 0.3 is 6.03 Å². The second-order valence-electron chi connectivity index (χ2n) is 8.39. The summed E-state index contributed by atoms with van der Waals surface area (Å²) in [5, 5.41) is 15.8. The van der Waals surface area contributed by atoms with Crippen LogP contribution in [-0.2, 0) is 20.0 Å². The third kappa shape index (κ3) is 5.48. The highest BCUT2D eigenvalue weighted by Gasteiger charge is 2.31. The van der Waals surface area contributed by atoms with Crippen molar-refractivity contribution < 1.29 is 19.1 Å². The number of aromatic nitrogens is 2. The third-order valence-corrected chi connectivity index (χ3v) is 6.02. The molecule has 2 heterocycles. The fourth-order valence-electron chi connectivity index (χ4n) is 4.09. The number of para-hydroxylation sites is 1. The van der Waals surface area contributed by atoms with Gasteiger partial charge in [0.15, 0.2) is 5.69 Å². The number of amides is 3. The van der Waals surface area contributed by atoms with Crippen molar-refractivity contribution in [3.63, 3.8) is 0 Å². The van der Waals surface area contributed by atoms with Crippen LogP contribution in [-0.4, -0.2) is 44.1 Å². The molecular formula is C25H26FN5O4. The number of rotatable bonds is 6. The number of benzene rings is 2. The first kappa shape index (κ1) is 23.9. The number of hydrogen-bond acceptors (Lipinski definition) is 5. The smallest absolute Gasteiger partial charge is 0.322 e. The van der Waals surface area contributed by atoms with Gasteiger partial charge in [-0.05, 0) is 42.7 Å². The van der Waals surface area contributed by atoms with Crippen LogP contribution in [0.2, 0.25) is 0 Å². The molecule has 1 aliphatic rings. The molecule has 0 spiro atoms. The average Bonchev–Trinajstić information content (AvgIpc) is 3.33. The van der Waals surface area contributed by atoms with Gasteiger partial charge in [0, 0.05) is 38.3 Å². The molecule has 2 aromatic carbocycles. The normalized spacial score (nSPS) is 15.1. The molecule has 1 unspecified atom stereocenters. The molecule has 4 rings (SSSR count). The molecule has 35 heavy (non-hydrogen) atoms. The van der Waals surface area contributed by atoms with Crippen LogP contribution in [0.25, 0.3) is 0 Å². The number of anilines is 1. The molecule has 10 heteroatoms. The molecule has 0 saturated carbocycles. The molecule has 1 aromatic heterocycles. The minimum absolute atomic E-state index is 0.0703. The molecule has 0 aliphatic carbocycles. The summed E-state index contributed by atoms with van der Waals surface area (Å²) in [6.07, 6.45) is 1.75. The van der Waals surface area contributed by atoms with Crippen molar-refractivity contribution in [2.75, 3.05) is 11.9 Å². The average molecular weight is 480 g/mol. The third-order valence-electron chi connectivity index (χ3n) is 6.02. The summed E-state index contributed by atoms with van der Waals surface area (Å²) in [5.74, 6) is -1.59. The Bertz CT molecular complexity index is 1280.